The van der Waals surface area contributed by atoms with Crippen LogP contribution in [0.15, 0.2) is 0 Å². The molecule has 0 saturated heterocycles. The van der Waals surface area contributed by atoms with E-state index in [9.17, 15) is 0 Å². The maximum absolute atomic E-state index is 4.96. The lowest BCUT2D eigenvalue weighted by atomic mass is 9.90. The summed E-state index contributed by atoms with van der Waals surface area (Å²) in [7, 11) is 0. The van der Waals surface area contributed by atoms with E-state index in [0.717, 1.165) is 12.3 Å². The van der Waals surface area contributed by atoms with Crippen LogP contribution in [0.4, 0.5) is 0 Å². The highest BCUT2D eigenvalue weighted by Crippen LogP contribution is 2.36. The summed E-state index contributed by atoms with van der Waals surface area (Å²) in [6, 6.07) is 0. The summed E-state index contributed by atoms with van der Waals surface area (Å²) in [6.45, 7) is 12.3. The molecule has 0 aromatic carbocycles. The molecule has 0 saturated carbocycles. The number of thiazole rings is 1. The summed E-state index contributed by atoms with van der Waals surface area (Å²) in [5.41, 5.74) is 1.60. The van der Waals surface area contributed by atoms with Crippen molar-refractivity contribution in [1.82, 2.24) is 10.3 Å². The lowest BCUT2D eigenvalue weighted by molar-refractivity contribution is 0.388. The Bertz CT molecular complexity index is 432. The van der Waals surface area contributed by atoms with Crippen LogP contribution in [0.1, 0.15) is 69.0 Å². The number of nitrogens with one attached hydrogen (secondary N) is 1. The van der Waals surface area contributed by atoms with E-state index in [1.807, 2.05) is 23.1 Å². The van der Waals surface area contributed by atoms with Gasteiger partial charge in [-0.15, -0.1) is 11.3 Å². The Labute approximate surface area is 132 Å². The van der Waals surface area contributed by atoms with Crippen molar-refractivity contribution in [3.8, 4) is 0 Å². The monoisotopic (exact) mass is 312 g/mol. The lowest BCUT2D eigenvalue weighted by Crippen LogP contribution is -2.39. The van der Waals surface area contributed by atoms with Crippen molar-refractivity contribution in [2.75, 3.05) is 6.54 Å². The van der Waals surface area contributed by atoms with Gasteiger partial charge in [-0.3, -0.25) is 0 Å². The molecule has 4 heteroatoms. The highest BCUT2D eigenvalue weighted by molar-refractivity contribution is 7.99. The molecule has 1 atom stereocenters. The van der Waals surface area contributed by atoms with Gasteiger partial charge < -0.3 is 5.32 Å². The van der Waals surface area contributed by atoms with Gasteiger partial charge >= 0.3 is 0 Å². The van der Waals surface area contributed by atoms with E-state index in [0.29, 0.717) is 11.2 Å². The zero-order valence-corrected chi connectivity index (χ0v) is 15.1. The molecule has 1 aliphatic carbocycles. The van der Waals surface area contributed by atoms with E-state index < -0.39 is 0 Å². The molecule has 1 unspecified atom stereocenters. The normalized spacial score (nSPS) is 19.4. The summed E-state index contributed by atoms with van der Waals surface area (Å²) in [5, 5.41) is 5.67. The Morgan fingerprint density at radius 2 is 2.15 bits per heavy atom. The molecule has 0 amide bonds. The van der Waals surface area contributed by atoms with Crippen LogP contribution in [-0.4, -0.2) is 22.3 Å². The van der Waals surface area contributed by atoms with E-state index >= 15 is 0 Å². The van der Waals surface area contributed by atoms with Crippen LogP contribution in [0, 0.1) is 0 Å². The van der Waals surface area contributed by atoms with E-state index in [4.69, 9.17) is 4.98 Å². The fraction of sp³-hybridized carbons (Fsp3) is 0.812. The second kappa shape index (κ2) is 6.80. The first-order chi connectivity index (χ1) is 9.35. The van der Waals surface area contributed by atoms with Gasteiger partial charge in [0.25, 0.3) is 0 Å². The minimum atomic E-state index is 0.198. The Balaban J connectivity index is 2.02. The van der Waals surface area contributed by atoms with E-state index in [2.05, 4.69) is 39.9 Å². The van der Waals surface area contributed by atoms with Crippen molar-refractivity contribution in [3.05, 3.63) is 15.6 Å². The van der Waals surface area contributed by atoms with Crippen LogP contribution in [0.5, 0.6) is 0 Å². The van der Waals surface area contributed by atoms with Crippen molar-refractivity contribution in [3.63, 3.8) is 0 Å². The second-order valence-electron chi connectivity index (χ2n) is 7.00. The highest BCUT2D eigenvalue weighted by atomic mass is 32.2. The molecule has 1 N–H and O–H groups in total. The molecule has 0 bridgehead atoms. The van der Waals surface area contributed by atoms with Crippen LogP contribution in [0.3, 0.4) is 0 Å². The van der Waals surface area contributed by atoms with Crippen molar-refractivity contribution in [1.29, 1.82) is 0 Å². The Morgan fingerprint density at radius 3 is 2.80 bits per heavy atom. The van der Waals surface area contributed by atoms with Gasteiger partial charge in [0.05, 0.1) is 5.69 Å². The molecule has 0 aliphatic heterocycles. The number of hydrogen-bond donors (Lipinski definition) is 1. The zero-order chi connectivity index (χ0) is 14.8. The van der Waals surface area contributed by atoms with Gasteiger partial charge in [-0.2, -0.15) is 11.8 Å². The maximum Gasteiger partial charge on any atom is 0.103 e. The third-order valence-electron chi connectivity index (χ3n) is 3.53. The quantitative estimate of drug-likeness (QED) is 0.860. The van der Waals surface area contributed by atoms with Gasteiger partial charge in [0.15, 0.2) is 0 Å². The zero-order valence-electron chi connectivity index (χ0n) is 13.5. The van der Waals surface area contributed by atoms with Gasteiger partial charge in [-0.05, 0) is 45.3 Å². The Kier molecular flexibility index (Phi) is 5.55. The maximum atomic E-state index is 4.96. The van der Waals surface area contributed by atoms with Gasteiger partial charge in [0.2, 0.25) is 0 Å². The summed E-state index contributed by atoms with van der Waals surface area (Å²) < 4.78 is 0. The molecule has 0 fully saturated rings. The number of nitrogens with zero attached hydrogens (tertiary/aromatic N) is 1. The summed E-state index contributed by atoms with van der Waals surface area (Å²) in [6.07, 6.45) is 3.85. The van der Waals surface area contributed by atoms with E-state index in [1.54, 1.807) is 4.88 Å². The van der Waals surface area contributed by atoms with Gasteiger partial charge in [0.1, 0.15) is 5.01 Å². The molecule has 20 heavy (non-hydrogen) atoms. The summed E-state index contributed by atoms with van der Waals surface area (Å²) >= 11 is 3.95. The van der Waals surface area contributed by atoms with Crippen molar-refractivity contribution >= 4 is 23.1 Å². The number of fused-ring (bicyclic) bond motifs is 1. The molecule has 1 aliphatic rings. The summed E-state index contributed by atoms with van der Waals surface area (Å²) in [4.78, 5) is 6.51. The molecule has 114 valence electrons. The van der Waals surface area contributed by atoms with Crippen molar-refractivity contribution in [2.45, 2.75) is 76.3 Å². The molecule has 2 rings (SSSR count). The van der Waals surface area contributed by atoms with Crippen LogP contribution >= 0.6 is 23.1 Å². The van der Waals surface area contributed by atoms with E-state index in [-0.39, 0.29) is 5.54 Å². The molecule has 0 radical (unpaired) electrons. The van der Waals surface area contributed by atoms with Gasteiger partial charge in [-0.25, -0.2) is 4.98 Å². The summed E-state index contributed by atoms with van der Waals surface area (Å²) in [5.74, 6) is 1.70. The minimum absolute atomic E-state index is 0.198. The first-order valence-corrected chi connectivity index (χ1v) is 9.57. The number of aryl methyl sites for hydroxylation is 1. The first-order valence-electron chi connectivity index (χ1n) is 7.70. The third-order valence-corrected chi connectivity index (χ3v) is 5.95. The molecular weight excluding hydrogens is 284 g/mol. The topological polar surface area (TPSA) is 24.9 Å². The van der Waals surface area contributed by atoms with Gasteiger partial charge in [-0.1, -0.05) is 13.8 Å². The van der Waals surface area contributed by atoms with Crippen LogP contribution in [0.2, 0.25) is 0 Å². The fourth-order valence-corrected chi connectivity index (χ4v) is 4.46. The molecule has 2 nitrogen and oxygen atoms in total. The fourth-order valence-electron chi connectivity index (χ4n) is 2.49. The SMILES string of the molecule is CC(C)SCc1nc2c(s1)CCCC2CNC(C)(C)C. The molecule has 1 aromatic rings. The molecule has 0 spiro atoms. The smallest absolute Gasteiger partial charge is 0.103 e. The van der Waals surface area contributed by atoms with Crippen molar-refractivity contribution < 1.29 is 0 Å². The van der Waals surface area contributed by atoms with Crippen molar-refractivity contribution in [2.24, 2.45) is 0 Å². The van der Waals surface area contributed by atoms with Crippen LogP contribution in [-0.2, 0) is 12.2 Å². The number of hydrogen-bond acceptors (Lipinski definition) is 4. The van der Waals surface area contributed by atoms with Crippen LogP contribution in [0.25, 0.3) is 0 Å². The highest BCUT2D eigenvalue weighted by Gasteiger charge is 2.25. The Morgan fingerprint density at radius 1 is 1.40 bits per heavy atom. The second-order valence-corrected chi connectivity index (χ2v) is 9.73. The average Bonchev–Trinajstić information content (AvgIpc) is 2.76. The lowest BCUT2D eigenvalue weighted by Gasteiger charge is -2.27. The standard InChI is InChI=1S/C16H28N2S2/c1-11(2)19-10-14-18-15-12(9-17-16(3,4)5)7-6-8-13(15)20-14/h11-12,17H,6-10H2,1-5H3. The number of aromatic nitrogens is 1. The minimum Gasteiger partial charge on any atom is -0.311 e. The number of thioether (sulfide) groups is 1. The Hall–Kier alpha value is -0.0600. The van der Waals surface area contributed by atoms with Crippen LogP contribution < -0.4 is 5.32 Å². The average molecular weight is 313 g/mol. The molecule has 1 heterocycles. The number of rotatable bonds is 5. The molecular formula is C16H28N2S2. The van der Waals surface area contributed by atoms with Gasteiger partial charge in [0, 0.05) is 28.6 Å². The largest absolute Gasteiger partial charge is 0.311 e. The third kappa shape index (κ3) is 4.74. The van der Waals surface area contributed by atoms with E-state index in [1.165, 1.54) is 30.0 Å². The predicted molar refractivity (Wildman–Crippen MR) is 92.0 cm³/mol. The predicted octanol–water partition coefficient (Wildman–Crippen LogP) is 4.59. The molecule has 1 aromatic heterocycles. The first kappa shape index (κ1) is 16.3.